The summed E-state index contributed by atoms with van der Waals surface area (Å²) in [5.41, 5.74) is 4.51. The summed E-state index contributed by atoms with van der Waals surface area (Å²) < 4.78 is 0. The molecule has 1 aromatic rings. The van der Waals surface area contributed by atoms with Crippen molar-refractivity contribution >= 4 is 17.3 Å². The monoisotopic (exact) mass is 278 g/mol. The minimum absolute atomic E-state index is 0.216. The smallest absolute Gasteiger partial charge is 0.181 e. The molecule has 0 aromatic heterocycles. The molecule has 0 spiro atoms. The Kier molecular flexibility index (Phi) is 5.13. The molecule has 1 aliphatic rings. The summed E-state index contributed by atoms with van der Waals surface area (Å²) in [7, 11) is 2.14. The molecule has 4 nitrogen and oxygen atoms in total. The van der Waals surface area contributed by atoms with Crippen LogP contribution < -0.4 is 10.7 Å². The van der Waals surface area contributed by atoms with Gasteiger partial charge in [-0.25, -0.2) is 5.01 Å². The van der Waals surface area contributed by atoms with Crippen molar-refractivity contribution in [1.82, 2.24) is 20.7 Å². The third kappa shape index (κ3) is 4.45. The molecular weight excluding hydrogens is 256 g/mol. The van der Waals surface area contributed by atoms with Crippen molar-refractivity contribution in [2.45, 2.75) is 13.0 Å². The van der Waals surface area contributed by atoms with Crippen LogP contribution >= 0.6 is 12.2 Å². The normalized spacial score (nSPS) is 18.8. The molecule has 5 heteroatoms. The molecule has 0 radical (unpaired) electrons. The van der Waals surface area contributed by atoms with Crippen molar-refractivity contribution in [2.75, 3.05) is 33.2 Å². The molecule has 1 aliphatic heterocycles. The van der Waals surface area contributed by atoms with Crippen LogP contribution in [0, 0.1) is 0 Å². The van der Waals surface area contributed by atoms with Crippen molar-refractivity contribution in [3.05, 3.63) is 35.9 Å². The van der Waals surface area contributed by atoms with Gasteiger partial charge in [0.2, 0.25) is 0 Å². The third-order valence-corrected chi connectivity index (χ3v) is 3.62. The zero-order chi connectivity index (χ0) is 13.7. The topological polar surface area (TPSA) is 30.5 Å². The van der Waals surface area contributed by atoms with E-state index < -0.39 is 0 Å². The lowest BCUT2D eigenvalue weighted by Crippen LogP contribution is -2.54. The van der Waals surface area contributed by atoms with E-state index >= 15 is 0 Å². The predicted octanol–water partition coefficient (Wildman–Crippen LogP) is 1.37. The van der Waals surface area contributed by atoms with E-state index in [0.717, 1.165) is 26.2 Å². The quantitative estimate of drug-likeness (QED) is 0.816. The van der Waals surface area contributed by atoms with Crippen molar-refractivity contribution in [3.63, 3.8) is 0 Å². The lowest BCUT2D eigenvalue weighted by molar-refractivity contribution is 0.130. The van der Waals surface area contributed by atoms with Crippen molar-refractivity contribution in [3.8, 4) is 0 Å². The number of hydrazine groups is 1. The van der Waals surface area contributed by atoms with E-state index in [1.54, 1.807) is 0 Å². The molecule has 1 heterocycles. The Hall–Kier alpha value is -1.17. The van der Waals surface area contributed by atoms with Crippen LogP contribution in [0.2, 0.25) is 0 Å². The number of nitrogens with one attached hydrogen (secondary N) is 2. The lowest BCUT2D eigenvalue weighted by Gasteiger charge is -2.33. The van der Waals surface area contributed by atoms with Crippen LogP contribution in [0.4, 0.5) is 0 Å². The number of benzene rings is 1. The molecule has 0 bridgehead atoms. The summed E-state index contributed by atoms with van der Waals surface area (Å²) >= 11 is 5.36. The highest BCUT2D eigenvalue weighted by atomic mass is 32.1. The third-order valence-electron chi connectivity index (χ3n) is 3.41. The number of rotatable bonds is 3. The van der Waals surface area contributed by atoms with Crippen LogP contribution in [-0.4, -0.2) is 48.2 Å². The predicted molar refractivity (Wildman–Crippen MR) is 82.8 cm³/mol. The number of hydrogen-bond donors (Lipinski definition) is 2. The fourth-order valence-electron chi connectivity index (χ4n) is 2.12. The van der Waals surface area contributed by atoms with Crippen molar-refractivity contribution in [1.29, 1.82) is 0 Å². The molecule has 104 valence electrons. The maximum atomic E-state index is 5.36. The summed E-state index contributed by atoms with van der Waals surface area (Å²) in [6, 6.07) is 10.5. The highest BCUT2D eigenvalue weighted by Crippen LogP contribution is 2.10. The number of thiocarbonyl (C=S) groups is 1. The molecule has 0 amide bonds. The summed E-state index contributed by atoms with van der Waals surface area (Å²) in [5.74, 6) is 0. The Morgan fingerprint density at radius 3 is 2.42 bits per heavy atom. The Balaban J connectivity index is 1.78. The molecule has 1 aromatic carbocycles. The maximum Gasteiger partial charge on any atom is 0.181 e. The zero-order valence-electron chi connectivity index (χ0n) is 11.6. The minimum Gasteiger partial charge on any atom is -0.355 e. The fourth-order valence-corrected chi connectivity index (χ4v) is 2.42. The number of hydrogen-bond acceptors (Lipinski definition) is 3. The summed E-state index contributed by atoms with van der Waals surface area (Å²) in [6.07, 6.45) is 0. The van der Waals surface area contributed by atoms with E-state index in [4.69, 9.17) is 12.2 Å². The van der Waals surface area contributed by atoms with Crippen molar-refractivity contribution in [2.24, 2.45) is 0 Å². The Bertz CT molecular complexity index is 401. The number of nitrogens with zero attached hydrogens (tertiary/aromatic N) is 2. The molecule has 2 rings (SSSR count). The first-order chi connectivity index (χ1) is 9.15. The molecule has 1 saturated heterocycles. The Morgan fingerprint density at radius 2 is 1.79 bits per heavy atom. The standard InChI is InChI=1S/C14H22N4S/c1-12(13-6-4-3-5-7-13)15-14(19)16-18-10-8-17(2)9-11-18/h3-7,12H,8-11H2,1-2H3,(H2,15,16,19). The average Bonchev–Trinajstić information content (AvgIpc) is 2.42. The summed E-state index contributed by atoms with van der Waals surface area (Å²) in [6.45, 7) is 6.26. The maximum absolute atomic E-state index is 5.36. The van der Waals surface area contributed by atoms with E-state index in [1.807, 2.05) is 18.2 Å². The van der Waals surface area contributed by atoms with E-state index in [1.165, 1.54) is 5.56 Å². The van der Waals surface area contributed by atoms with Gasteiger partial charge in [-0.1, -0.05) is 30.3 Å². The highest BCUT2D eigenvalue weighted by Gasteiger charge is 2.15. The van der Waals surface area contributed by atoms with Gasteiger partial charge in [-0.15, -0.1) is 0 Å². The van der Waals surface area contributed by atoms with Gasteiger partial charge in [0.05, 0.1) is 6.04 Å². The van der Waals surface area contributed by atoms with E-state index in [2.05, 4.69) is 46.8 Å². The minimum atomic E-state index is 0.216. The summed E-state index contributed by atoms with van der Waals surface area (Å²) in [4.78, 5) is 2.32. The molecule has 1 unspecified atom stereocenters. The molecule has 0 saturated carbocycles. The van der Waals surface area contributed by atoms with Crippen LogP contribution in [0.1, 0.15) is 18.5 Å². The van der Waals surface area contributed by atoms with Crippen LogP contribution in [0.5, 0.6) is 0 Å². The number of piperazine rings is 1. The summed E-state index contributed by atoms with van der Waals surface area (Å²) in [5, 5.41) is 6.19. The van der Waals surface area contributed by atoms with Gasteiger partial charge in [0.25, 0.3) is 0 Å². The Labute approximate surface area is 120 Å². The van der Waals surface area contributed by atoms with Gasteiger partial charge in [-0.2, -0.15) is 0 Å². The fraction of sp³-hybridized carbons (Fsp3) is 0.500. The van der Waals surface area contributed by atoms with Gasteiger partial charge in [0.1, 0.15) is 0 Å². The van der Waals surface area contributed by atoms with Gasteiger partial charge >= 0.3 is 0 Å². The van der Waals surface area contributed by atoms with E-state index in [9.17, 15) is 0 Å². The number of likely N-dealkylation sites (N-methyl/N-ethyl adjacent to an activating group) is 1. The van der Waals surface area contributed by atoms with Gasteiger partial charge in [-0.05, 0) is 31.8 Å². The van der Waals surface area contributed by atoms with Crippen LogP contribution in [0.25, 0.3) is 0 Å². The molecule has 1 atom stereocenters. The largest absolute Gasteiger partial charge is 0.355 e. The molecule has 0 aliphatic carbocycles. The van der Waals surface area contributed by atoms with Gasteiger partial charge in [0.15, 0.2) is 5.11 Å². The van der Waals surface area contributed by atoms with Crippen LogP contribution in [-0.2, 0) is 0 Å². The van der Waals surface area contributed by atoms with Gasteiger partial charge in [0, 0.05) is 26.2 Å². The zero-order valence-corrected chi connectivity index (χ0v) is 12.4. The van der Waals surface area contributed by atoms with E-state index in [0.29, 0.717) is 5.11 Å². The van der Waals surface area contributed by atoms with Crippen LogP contribution in [0.3, 0.4) is 0 Å². The Morgan fingerprint density at radius 1 is 1.16 bits per heavy atom. The highest BCUT2D eigenvalue weighted by molar-refractivity contribution is 7.80. The molecule has 2 N–H and O–H groups in total. The lowest BCUT2D eigenvalue weighted by atomic mass is 10.1. The van der Waals surface area contributed by atoms with E-state index in [-0.39, 0.29) is 6.04 Å². The molecule has 19 heavy (non-hydrogen) atoms. The van der Waals surface area contributed by atoms with Gasteiger partial charge < -0.3 is 10.2 Å². The molecular formula is C14H22N4S. The second kappa shape index (κ2) is 6.84. The second-order valence-corrected chi connectivity index (χ2v) is 5.42. The first-order valence-electron chi connectivity index (χ1n) is 6.71. The SMILES string of the molecule is CC(NC(=S)NN1CCN(C)CC1)c1ccccc1. The first-order valence-corrected chi connectivity index (χ1v) is 7.11. The first kappa shape index (κ1) is 14.2. The van der Waals surface area contributed by atoms with Crippen molar-refractivity contribution < 1.29 is 0 Å². The molecule has 1 fully saturated rings. The second-order valence-electron chi connectivity index (χ2n) is 5.01. The average molecular weight is 278 g/mol. The van der Waals surface area contributed by atoms with Gasteiger partial charge in [-0.3, -0.25) is 5.43 Å². The van der Waals surface area contributed by atoms with Crippen LogP contribution in [0.15, 0.2) is 30.3 Å².